The molecule has 32 heavy (non-hydrogen) atoms. The Morgan fingerprint density at radius 2 is 1.72 bits per heavy atom. The summed E-state index contributed by atoms with van der Waals surface area (Å²) >= 11 is 0. The van der Waals surface area contributed by atoms with Gasteiger partial charge in [-0.2, -0.15) is 13.2 Å². The summed E-state index contributed by atoms with van der Waals surface area (Å²) in [6, 6.07) is 5.06. The van der Waals surface area contributed by atoms with Gasteiger partial charge in [0.15, 0.2) is 0 Å². The molecular weight excluding hydrogens is 429 g/mol. The van der Waals surface area contributed by atoms with Crippen molar-refractivity contribution in [3.63, 3.8) is 0 Å². The quantitative estimate of drug-likeness (QED) is 0.714. The molecule has 0 saturated carbocycles. The zero-order valence-corrected chi connectivity index (χ0v) is 18.3. The van der Waals surface area contributed by atoms with Crippen LogP contribution in [-0.2, 0) is 29.2 Å². The molecule has 0 unspecified atom stereocenters. The summed E-state index contributed by atoms with van der Waals surface area (Å²) in [5.74, 6) is -1.28. The maximum atomic E-state index is 13.5. The molecular formula is C22H25F3N2O5. The molecule has 1 aromatic carbocycles. The summed E-state index contributed by atoms with van der Waals surface area (Å²) < 4.78 is 46.8. The van der Waals surface area contributed by atoms with Crippen molar-refractivity contribution in [3.8, 4) is 11.1 Å². The fraction of sp³-hybridized carbons (Fsp3) is 0.409. The second-order valence-corrected chi connectivity index (χ2v) is 8.35. The molecule has 174 valence electrons. The van der Waals surface area contributed by atoms with Crippen molar-refractivity contribution in [1.29, 1.82) is 0 Å². The van der Waals surface area contributed by atoms with E-state index in [1.807, 2.05) is 0 Å². The van der Waals surface area contributed by atoms with Gasteiger partial charge in [0, 0.05) is 30.8 Å². The fourth-order valence-electron chi connectivity index (χ4n) is 3.10. The summed E-state index contributed by atoms with van der Waals surface area (Å²) in [7, 11) is 1.38. The van der Waals surface area contributed by atoms with Crippen molar-refractivity contribution < 1.29 is 32.6 Å². The van der Waals surface area contributed by atoms with Crippen LogP contribution in [0.3, 0.4) is 0 Å². The van der Waals surface area contributed by atoms with Crippen molar-refractivity contribution >= 4 is 12.1 Å². The van der Waals surface area contributed by atoms with Gasteiger partial charge in [0.2, 0.25) is 0 Å². The second kappa shape index (κ2) is 9.05. The topological polar surface area (TPSA) is 97.6 Å². The lowest BCUT2D eigenvalue weighted by Gasteiger charge is -2.22. The van der Waals surface area contributed by atoms with Gasteiger partial charge in [0.05, 0.1) is 5.56 Å². The maximum Gasteiger partial charge on any atom is 0.417 e. The highest BCUT2D eigenvalue weighted by Crippen LogP contribution is 2.38. The number of carboxylic acid groups (broad SMARTS) is 1. The number of amides is 1. The van der Waals surface area contributed by atoms with E-state index in [9.17, 15) is 32.7 Å². The molecule has 10 heteroatoms. The van der Waals surface area contributed by atoms with E-state index < -0.39 is 41.0 Å². The minimum atomic E-state index is -4.72. The van der Waals surface area contributed by atoms with E-state index in [1.54, 1.807) is 20.8 Å². The smallest absolute Gasteiger partial charge is 0.417 e. The molecule has 0 aliphatic heterocycles. The molecule has 0 aliphatic rings. The number of aliphatic carboxylic acids is 1. The van der Waals surface area contributed by atoms with Gasteiger partial charge < -0.3 is 19.7 Å². The Bertz CT molecular complexity index is 1070. The Morgan fingerprint density at radius 1 is 1.16 bits per heavy atom. The number of benzene rings is 1. The van der Waals surface area contributed by atoms with Gasteiger partial charge in [0.1, 0.15) is 11.6 Å². The van der Waals surface area contributed by atoms with Crippen LogP contribution < -0.4 is 10.9 Å². The second-order valence-electron chi connectivity index (χ2n) is 8.35. The summed E-state index contributed by atoms with van der Waals surface area (Å²) in [6.45, 7) is 6.33. The van der Waals surface area contributed by atoms with Crippen molar-refractivity contribution in [3.05, 3.63) is 57.5 Å². The van der Waals surface area contributed by atoms with Crippen LogP contribution in [0.15, 0.2) is 35.1 Å². The molecule has 1 heterocycles. The van der Waals surface area contributed by atoms with Crippen LogP contribution in [0.5, 0.6) is 0 Å². The molecule has 0 spiro atoms. The normalized spacial score (nSPS) is 12.9. The van der Waals surface area contributed by atoms with Crippen LogP contribution in [0.1, 0.15) is 37.6 Å². The van der Waals surface area contributed by atoms with Gasteiger partial charge in [-0.25, -0.2) is 9.59 Å². The fourth-order valence-corrected chi connectivity index (χ4v) is 3.10. The largest absolute Gasteiger partial charge is 0.480 e. The van der Waals surface area contributed by atoms with Crippen molar-refractivity contribution in [1.82, 2.24) is 9.88 Å². The highest BCUT2D eigenvalue weighted by atomic mass is 19.4. The number of ether oxygens (including phenoxy) is 1. The predicted octanol–water partition coefficient (Wildman–Crippen LogP) is 3.90. The minimum Gasteiger partial charge on any atom is -0.480 e. The lowest BCUT2D eigenvalue weighted by Crippen LogP contribution is -2.44. The summed E-state index contributed by atoms with van der Waals surface area (Å²) in [5, 5.41) is 11.7. The number of aromatic nitrogens is 1. The molecule has 0 saturated heterocycles. The molecule has 7 nitrogen and oxygen atoms in total. The zero-order chi connectivity index (χ0) is 24.4. The van der Waals surface area contributed by atoms with Crippen molar-refractivity contribution in [2.24, 2.45) is 7.05 Å². The molecule has 1 aromatic heterocycles. The molecule has 0 fully saturated rings. The lowest BCUT2D eigenvalue weighted by molar-refractivity contribution is -0.139. The number of rotatable bonds is 5. The van der Waals surface area contributed by atoms with Gasteiger partial charge in [0.25, 0.3) is 5.56 Å². The molecule has 2 rings (SSSR count). The molecule has 0 radical (unpaired) electrons. The van der Waals surface area contributed by atoms with Gasteiger partial charge in [-0.15, -0.1) is 0 Å². The van der Waals surface area contributed by atoms with Gasteiger partial charge in [-0.1, -0.05) is 24.3 Å². The number of nitrogens with one attached hydrogen (secondary N) is 1. The number of carbonyl (C=O) groups is 2. The highest BCUT2D eigenvalue weighted by molar-refractivity contribution is 5.80. The molecule has 0 bridgehead atoms. The Balaban J connectivity index is 2.34. The standard InChI is InChI=1S/C22H25F3N2O5/c1-12-18(15(22(23,24)25)11-17(28)27(12)5)14-8-6-13(7-9-14)10-16(19(29)30)26-20(31)32-21(2,3)4/h6-9,11,16H,10H2,1-5H3,(H,26,31)(H,29,30)/t16-/m0/s1. The first-order valence-electron chi connectivity index (χ1n) is 9.69. The lowest BCUT2D eigenvalue weighted by atomic mass is 9.95. The number of carboxylic acids is 1. The van der Waals surface area contributed by atoms with Gasteiger partial charge >= 0.3 is 18.2 Å². The SMILES string of the molecule is Cc1c(-c2ccc(C[C@H](NC(=O)OC(C)(C)C)C(=O)O)cc2)c(C(F)(F)F)cc(=O)n1C. The van der Waals surface area contributed by atoms with Crippen LogP contribution in [0.2, 0.25) is 0 Å². The summed E-state index contributed by atoms with van der Waals surface area (Å²) in [4.78, 5) is 35.3. The number of carbonyl (C=O) groups excluding carboxylic acids is 1. The molecule has 2 N–H and O–H groups in total. The predicted molar refractivity (Wildman–Crippen MR) is 111 cm³/mol. The minimum absolute atomic E-state index is 0.104. The first-order valence-corrected chi connectivity index (χ1v) is 9.69. The van der Waals surface area contributed by atoms with Crippen LogP contribution in [0, 0.1) is 6.92 Å². The van der Waals surface area contributed by atoms with Crippen molar-refractivity contribution in [2.45, 2.75) is 51.9 Å². The van der Waals surface area contributed by atoms with E-state index in [4.69, 9.17) is 4.74 Å². The average Bonchev–Trinajstić information content (AvgIpc) is 2.64. The Hall–Kier alpha value is -3.30. The van der Waals surface area contributed by atoms with Crippen LogP contribution in [-0.4, -0.2) is 33.4 Å². The number of nitrogens with zero attached hydrogens (tertiary/aromatic N) is 1. The number of alkyl carbamates (subject to hydrolysis) is 1. The summed E-state index contributed by atoms with van der Waals surface area (Å²) in [6.07, 6.45) is -5.72. The number of halogens is 3. The Kier molecular flexibility index (Phi) is 7.06. The molecule has 1 amide bonds. The Labute approximate surface area is 182 Å². The third-order valence-electron chi connectivity index (χ3n) is 4.71. The van der Waals surface area contributed by atoms with E-state index in [-0.39, 0.29) is 23.2 Å². The molecule has 1 atom stereocenters. The number of pyridine rings is 1. The molecule has 2 aromatic rings. The van der Waals surface area contributed by atoms with Crippen molar-refractivity contribution in [2.75, 3.05) is 0 Å². The van der Waals surface area contributed by atoms with E-state index in [1.165, 1.54) is 38.2 Å². The monoisotopic (exact) mass is 454 g/mol. The average molecular weight is 454 g/mol. The number of alkyl halides is 3. The number of hydrogen-bond donors (Lipinski definition) is 2. The van der Waals surface area contributed by atoms with Crippen LogP contribution in [0.25, 0.3) is 11.1 Å². The zero-order valence-electron chi connectivity index (χ0n) is 18.3. The van der Waals surface area contributed by atoms with Crippen LogP contribution in [0.4, 0.5) is 18.0 Å². The van der Waals surface area contributed by atoms with E-state index >= 15 is 0 Å². The summed E-state index contributed by atoms with van der Waals surface area (Å²) in [5.41, 5.74) is -1.90. The van der Waals surface area contributed by atoms with Gasteiger partial charge in [-0.05, 0) is 38.8 Å². The maximum absolute atomic E-state index is 13.5. The highest BCUT2D eigenvalue weighted by Gasteiger charge is 2.35. The van der Waals surface area contributed by atoms with Crippen LogP contribution >= 0.6 is 0 Å². The van der Waals surface area contributed by atoms with E-state index in [2.05, 4.69) is 5.32 Å². The van der Waals surface area contributed by atoms with E-state index in [0.717, 1.165) is 4.57 Å². The third kappa shape index (κ3) is 6.12. The first kappa shape index (κ1) is 25.0. The third-order valence-corrected chi connectivity index (χ3v) is 4.71. The van der Waals surface area contributed by atoms with Gasteiger partial charge in [-0.3, -0.25) is 4.79 Å². The van der Waals surface area contributed by atoms with E-state index in [0.29, 0.717) is 11.6 Å². The molecule has 0 aliphatic carbocycles. The number of hydrogen-bond acceptors (Lipinski definition) is 4. The first-order chi connectivity index (χ1) is 14.6. The Morgan fingerprint density at radius 3 is 2.19 bits per heavy atom.